The Labute approximate surface area is 118 Å². The quantitative estimate of drug-likeness (QED) is 0.567. The average Bonchev–Trinajstić information content (AvgIpc) is 2.93. The van der Waals surface area contributed by atoms with Crippen LogP contribution < -0.4 is 15.2 Å². The van der Waals surface area contributed by atoms with Gasteiger partial charge in [-0.3, -0.25) is 10.1 Å². The third-order valence-corrected chi connectivity index (χ3v) is 5.36. The van der Waals surface area contributed by atoms with Crippen LogP contribution in [-0.2, 0) is 10.0 Å². The Bertz CT molecular complexity index is 607. The SMILES string of the molecule is COc1cccc(C(=N)N)c1NS(=O)(=O)C1CCCC1. The highest BCUT2D eigenvalue weighted by atomic mass is 32.2. The van der Waals surface area contributed by atoms with Crippen LogP contribution in [0.5, 0.6) is 5.75 Å². The highest BCUT2D eigenvalue weighted by Crippen LogP contribution is 2.32. The zero-order chi connectivity index (χ0) is 14.8. The van der Waals surface area contributed by atoms with E-state index in [0.29, 0.717) is 24.2 Å². The fourth-order valence-electron chi connectivity index (χ4n) is 2.46. The molecule has 0 amide bonds. The van der Waals surface area contributed by atoms with E-state index in [4.69, 9.17) is 15.9 Å². The molecule has 0 bridgehead atoms. The standard InChI is InChI=1S/C13H19N3O3S/c1-19-11-8-4-7-10(13(14)15)12(11)16-20(17,18)9-5-2-3-6-9/h4,7-9,16H,2-3,5-6H2,1H3,(H3,14,15). The number of hydrogen-bond donors (Lipinski definition) is 3. The van der Waals surface area contributed by atoms with Gasteiger partial charge in [-0.1, -0.05) is 18.9 Å². The van der Waals surface area contributed by atoms with Gasteiger partial charge >= 0.3 is 0 Å². The van der Waals surface area contributed by atoms with Crippen LogP contribution in [0.4, 0.5) is 5.69 Å². The van der Waals surface area contributed by atoms with Gasteiger partial charge in [0, 0.05) is 5.56 Å². The van der Waals surface area contributed by atoms with E-state index in [-0.39, 0.29) is 16.8 Å². The molecule has 4 N–H and O–H groups in total. The van der Waals surface area contributed by atoms with Crippen LogP contribution in [0.2, 0.25) is 0 Å². The number of para-hydroxylation sites is 1. The van der Waals surface area contributed by atoms with Crippen LogP contribution >= 0.6 is 0 Å². The Morgan fingerprint density at radius 2 is 2.05 bits per heavy atom. The van der Waals surface area contributed by atoms with Crippen molar-refractivity contribution >= 4 is 21.5 Å². The molecular weight excluding hydrogens is 278 g/mol. The van der Waals surface area contributed by atoms with Crippen molar-refractivity contribution in [3.8, 4) is 5.75 Å². The van der Waals surface area contributed by atoms with Crippen LogP contribution in [-0.4, -0.2) is 26.6 Å². The molecule has 6 nitrogen and oxygen atoms in total. The van der Waals surface area contributed by atoms with Gasteiger partial charge in [0.05, 0.1) is 12.4 Å². The van der Waals surface area contributed by atoms with E-state index in [2.05, 4.69) is 4.72 Å². The molecule has 1 fully saturated rings. The normalized spacial score (nSPS) is 16.1. The molecular formula is C13H19N3O3S. The molecule has 0 unspecified atom stereocenters. The summed E-state index contributed by atoms with van der Waals surface area (Å²) < 4.78 is 32.5. The van der Waals surface area contributed by atoms with Gasteiger partial charge in [0.25, 0.3) is 0 Å². The zero-order valence-electron chi connectivity index (χ0n) is 11.3. The minimum absolute atomic E-state index is 0.201. The first-order valence-electron chi connectivity index (χ1n) is 6.48. The number of nitrogen functional groups attached to an aromatic ring is 1. The maximum atomic E-state index is 12.4. The number of nitrogens with one attached hydrogen (secondary N) is 2. The summed E-state index contributed by atoms with van der Waals surface area (Å²) in [6.07, 6.45) is 3.19. The van der Waals surface area contributed by atoms with Crippen molar-refractivity contribution in [3.63, 3.8) is 0 Å². The molecule has 0 atom stereocenters. The molecule has 0 aliphatic heterocycles. The summed E-state index contributed by atoms with van der Waals surface area (Å²) in [7, 11) is -2.03. The van der Waals surface area contributed by atoms with Crippen LogP contribution in [0, 0.1) is 5.41 Å². The second-order valence-corrected chi connectivity index (χ2v) is 6.81. The van der Waals surface area contributed by atoms with Crippen LogP contribution in [0.25, 0.3) is 0 Å². The molecule has 0 heterocycles. The van der Waals surface area contributed by atoms with Crippen LogP contribution in [0.3, 0.4) is 0 Å². The van der Waals surface area contributed by atoms with Crippen LogP contribution in [0.1, 0.15) is 31.2 Å². The Morgan fingerprint density at radius 1 is 1.40 bits per heavy atom. The summed E-state index contributed by atoms with van der Waals surface area (Å²) in [6, 6.07) is 4.90. The van der Waals surface area contributed by atoms with Gasteiger partial charge in [-0.25, -0.2) is 8.42 Å². The Hall–Kier alpha value is -1.76. The van der Waals surface area contributed by atoms with E-state index in [1.54, 1.807) is 18.2 Å². The fraction of sp³-hybridized carbons (Fsp3) is 0.462. The van der Waals surface area contributed by atoms with Gasteiger partial charge in [-0.2, -0.15) is 0 Å². The number of sulfonamides is 1. The predicted octanol–water partition coefficient (Wildman–Crippen LogP) is 1.66. The molecule has 0 spiro atoms. The third-order valence-electron chi connectivity index (χ3n) is 3.52. The zero-order valence-corrected chi connectivity index (χ0v) is 12.2. The van der Waals surface area contributed by atoms with Gasteiger partial charge in [0.15, 0.2) is 0 Å². The Kier molecular flexibility index (Phi) is 4.17. The molecule has 1 aromatic rings. The fourth-order valence-corrected chi connectivity index (χ4v) is 4.07. The van der Waals surface area contributed by atoms with Crippen molar-refractivity contribution in [1.29, 1.82) is 5.41 Å². The largest absolute Gasteiger partial charge is 0.495 e. The lowest BCUT2D eigenvalue weighted by Gasteiger charge is -2.18. The molecule has 7 heteroatoms. The first-order chi connectivity index (χ1) is 9.45. The smallest absolute Gasteiger partial charge is 0.235 e. The van der Waals surface area contributed by atoms with Crippen molar-refractivity contribution in [2.45, 2.75) is 30.9 Å². The van der Waals surface area contributed by atoms with Crippen molar-refractivity contribution in [1.82, 2.24) is 0 Å². The summed E-state index contributed by atoms with van der Waals surface area (Å²) in [5, 5.41) is 7.17. The molecule has 0 aromatic heterocycles. The number of methoxy groups -OCH3 is 1. The molecule has 1 aliphatic carbocycles. The monoisotopic (exact) mass is 297 g/mol. The molecule has 20 heavy (non-hydrogen) atoms. The van der Waals surface area contributed by atoms with Crippen molar-refractivity contribution < 1.29 is 13.2 Å². The third kappa shape index (κ3) is 2.87. The van der Waals surface area contributed by atoms with Gasteiger partial charge < -0.3 is 10.5 Å². The molecule has 0 saturated heterocycles. The lowest BCUT2D eigenvalue weighted by Crippen LogP contribution is -2.27. The van der Waals surface area contributed by atoms with Gasteiger partial charge in [-0.05, 0) is 25.0 Å². The van der Waals surface area contributed by atoms with E-state index in [0.717, 1.165) is 12.8 Å². The van der Waals surface area contributed by atoms with Crippen LogP contribution in [0.15, 0.2) is 18.2 Å². The topological polar surface area (TPSA) is 105 Å². The van der Waals surface area contributed by atoms with Crippen molar-refractivity contribution in [2.24, 2.45) is 5.73 Å². The second kappa shape index (κ2) is 5.70. The summed E-state index contributed by atoms with van der Waals surface area (Å²) in [5.74, 6) is 0.160. The maximum Gasteiger partial charge on any atom is 0.235 e. The summed E-state index contributed by atoms with van der Waals surface area (Å²) in [5.41, 5.74) is 6.07. The van der Waals surface area contributed by atoms with E-state index in [1.807, 2.05) is 0 Å². The second-order valence-electron chi connectivity index (χ2n) is 4.85. The minimum Gasteiger partial charge on any atom is -0.495 e. The minimum atomic E-state index is -3.48. The summed E-state index contributed by atoms with van der Waals surface area (Å²) in [4.78, 5) is 0. The van der Waals surface area contributed by atoms with E-state index >= 15 is 0 Å². The molecule has 1 saturated carbocycles. The number of rotatable bonds is 5. The summed E-state index contributed by atoms with van der Waals surface area (Å²) in [6.45, 7) is 0. The molecule has 1 aromatic carbocycles. The van der Waals surface area contributed by atoms with Gasteiger partial charge in [0.2, 0.25) is 10.0 Å². The van der Waals surface area contributed by atoms with Gasteiger partial charge in [0.1, 0.15) is 17.3 Å². The Morgan fingerprint density at radius 3 is 2.60 bits per heavy atom. The lowest BCUT2D eigenvalue weighted by molar-refractivity contribution is 0.416. The first kappa shape index (κ1) is 14.6. The van der Waals surface area contributed by atoms with Crippen molar-refractivity contribution in [3.05, 3.63) is 23.8 Å². The molecule has 0 radical (unpaired) electrons. The molecule has 2 rings (SSSR count). The van der Waals surface area contributed by atoms with E-state index in [9.17, 15) is 8.42 Å². The first-order valence-corrected chi connectivity index (χ1v) is 8.03. The number of nitrogens with two attached hydrogens (primary N) is 1. The number of amidine groups is 1. The lowest BCUT2D eigenvalue weighted by atomic mass is 10.1. The van der Waals surface area contributed by atoms with E-state index in [1.165, 1.54) is 7.11 Å². The number of anilines is 1. The van der Waals surface area contributed by atoms with Crippen molar-refractivity contribution in [2.75, 3.05) is 11.8 Å². The highest BCUT2D eigenvalue weighted by molar-refractivity contribution is 7.93. The summed E-state index contributed by atoms with van der Waals surface area (Å²) >= 11 is 0. The van der Waals surface area contributed by atoms with Gasteiger partial charge in [-0.15, -0.1) is 0 Å². The molecule has 1 aliphatic rings. The predicted molar refractivity (Wildman–Crippen MR) is 78.8 cm³/mol. The van der Waals surface area contributed by atoms with E-state index < -0.39 is 10.0 Å². The molecule has 110 valence electrons. The average molecular weight is 297 g/mol. The Balaban J connectivity index is 2.39. The number of ether oxygens (including phenoxy) is 1. The number of benzene rings is 1. The number of hydrogen-bond acceptors (Lipinski definition) is 4. The maximum absolute atomic E-state index is 12.4. The highest BCUT2D eigenvalue weighted by Gasteiger charge is 2.30.